The van der Waals surface area contributed by atoms with Gasteiger partial charge in [0.25, 0.3) is 0 Å². The van der Waals surface area contributed by atoms with Crippen LogP contribution in [0.15, 0.2) is 40.9 Å². The standard InChI is InChI=1S/C15H17BrN2/c1-10-4-5-11(2)15(8-10)18(3)14-7-6-12(16)9-13(14)17/h4-9H,17H2,1-3H3. The summed E-state index contributed by atoms with van der Waals surface area (Å²) < 4.78 is 0.998. The molecule has 0 aromatic heterocycles. The Kier molecular flexibility index (Phi) is 3.62. The molecule has 0 spiro atoms. The van der Waals surface area contributed by atoms with Crippen LogP contribution in [0.4, 0.5) is 17.1 Å². The van der Waals surface area contributed by atoms with Gasteiger partial charge in [-0.05, 0) is 49.2 Å². The monoisotopic (exact) mass is 304 g/mol. The number of nitrogens with zero attached hydrogens (tertiary/aromatic N) is 1. The molecule has 3 heteroatoms. The smallest absolute Gasteiger partial charge is 0.0642 e. The number of anilines is 3. The molecule has 0 unspecified atom stereocenters. The SMILES string of the molecule is Cc1ccc(C)c(N(C)c2ccc(Br)cc2N)c1. The molecule has 0 amide bonds. The normalized spacial score (nSPS) is 10.4. The van der Waals surface area contributed by atoms with Crippen molar-refractivity contribution in [2.75, 3.05) is 17.7 Å². The third-order valence-corrected chi connectivity index (χ3v) is 3.57. The van der Waals surface area contributed by atoms with Crippen LogP contribution < -0.4 is 10.6 Å². The minimum absolute atomic E-state index is 0.771. The molecule has 0 heterocycles. The summed E-state index contributed by atoms with van der Waals surface area (Å²) in [5.74, 6) is 0. The summed E-state index contributed by atoms with van der Waals surface area (Å²) >= 11 is 3.43. The van der Waals surface area contributed by atoms with E-state index >= 15 is 0 Å². The van der Waals surface area contributed by atoms with Gasteiger partial charge in [-0.25, -0.2) is 0 Å². The maximum absolute atomic E-state index is 6.08. The summed E-state index contributed by atoms with van der Waals surface area (Å²) in [5, 5.41) is 0. The number of rotatable bonds is 2. The molecular formula is C15H17BrN2. The number of nitrogens with two attached hydrogens (primary N) is 1. The van der Waals surface area contributed by atoms with Crippen LogP contribution in [0.3, 0.4) is 0 Å². The van der Waals surface area contributed by atoms with Gasteiger partial charge in [0.1, 0.15) is 0 Å². The molecule has 2 rings (SSSR count). The number of benzene rings is 2. The van der Waals surface area contributed by atoms with Gasteiger partial charge < -0.3 is 10.6 Å². The van der Waals surface area contributed by atoms with Gasteiger partial charge in [0.15, 0.2) is 0 Å². The summed E-state index contributed by atoms with van der Waals surface area (Å²) in [4.78, 5) is 2.13. The Labute approximate surface area is 117 Å². The van der Waals surface area contributed by atoms with E-state index in [1.54, 1.807) is 0 Å². The summed E-state index contributed by atoms with van der Waals surface area (Å²) in [6, 6.07) is 12.4. The number of hydrogen-bond acceptors (Lipinski definition) is 2. The van der Waals surface area contributed by atoms with Crippen LogP contribution in [0.25, 0.3) is 0 Å². The first-order chi connectivity index (χ1) is 8.49. The highest BCUT2D eigenvalue weighted by atomic mass is 79.9. The van der Waals surface area contributed by atoms with Crippen LogP contribution in [0.1, 0.15) is 11.1 Å². The highest BCUT2D eigenvalue weighted by Gasteiger charge is 2.10. The highest BCUT2D eigenvalue weighted by Crippen LogP contribution is 2.33. The maximum atomic E-state index is 6.08. The Balaban J connectivity index is 2.47. The first-order valence-electron chi connectivity index (χ1n) is 5.85. The van der Waals surface area contributed by atoms with Crippen molar-refractivity contribution in [2.24, 2.45) is 0 Å². The van der Waals surface area contributed by atoms with Gasteiger partial charge in [-0.3, -0.25) is 0 Å². The second-order valence-corrected chi connectivity index (χ2v) is 5.47. The van der Waals surface area contributed by atoms with E-state index in [9.17, 15) is 0 Å². The van der Waals surface area contributed by atoms with Crippen molar-refractivity contribution >= 4 is 33.0 Å². The molecule has 0 aliphatic rings. The molecule has 0 saturated heterocycles. The van der Waals surface area contributed by atoms with Gasteiger partial charge in [-0.15, -0.1) is 0 Å². The minimum atomic E-state index is 0.771. The first kappa shape index (κ1) is 13.0. The first-order valence-corrected chi connectivity index (χ1v) is 6.64. The van der Waals surface area contributed by atoms with Crippen molar-refractivity contribution in [3.63, 3.8) is 0 Å². The lowest BCUT2D eigenvalue weighted by molar-refractivity contribution is 1.18. The zero-order valence-electron chi connectivity index (χ0n) is 10.9. The Hall–Kier alpha value is -1.48. The quantitative estimate of drug-likeness (QED) is 0.832. The number of nitrogen functional groups attached to an aromatic ring is 1. The van der Waals surface area contributed by atoms with E-state index in [0.717, 1.165) is 15.8 Å². The van der Waals surface area contributed by atoms with Gasteiger partial charge >= 0.3 is 0 Å². The Bertz CT molecular complexity index is 579. The fourth-order valence-corrected chi connectivity index (χ4v) is 2.42. The van der Waals surface area contributed by atoms with Crippen molar-refractivity contribution in [3.05, 3.63) is 52.0 Å². The molecule has 0 atom stereocenters. The van der Waals surface area contributed by atoms with Gasteiger partial charge in [0, 0.05) is 17.2 Å². The van der Waals surface area contributed by atoms with Crippen molar-refractivity contribution in [1.29, 1.82) is 0 Å². The van der Waals surface area contributed by atoms with Gasteiger partial charge in [0.05, 0.1) is 11.4 Å². The van der Waals surface area contributed by atoms with Crippen LogP contribution in [-0.4, -0.2) is 7.05 Å². The van der Waals surface area contributed by atoms with E-state index < -0.39 is 0 Å². The highest BCUT2D eigenvalue weighted by molar-refractivity contribution is 9.10. The van der Waals surface area contributed by atoms with Crippen LogP contribution in [-0.2, 0) is 0 Å². The van der Waals surface area contributed by atoms with Crippen molar-refractivity contribution in [2.45, 2.75) is 13.8 Å². The zero-order chi connectivity index (χ0) is 13.3. The van der Waals surface area contributed by atoms with E-state index in [0.29, 0.717) is 0 Å². The molecule has 0 aliphatic carbocycles. The largest absolute Gasteiger partial charge is 0.397 e. The lowest BCUT2D eigenvalue weighted by Crippen LogP contribution is -2.13. The van der Waals surface area contributed by atoms with Crippen molar-refractivity contribution in [3.8, 4) is 0 Å². The van der Waals surface area contributed by atoms with Crippen LogP contribution in [0.5, 0.6) is 0 Å². The maximum Gasteiger partial charge on any atom is 0.0642 e. The van der Waals surface area contributed by atoms with Crippen molar-refractivity contribution in [1.82, 2.24) is 0 Å². The molecule has 18 heavy (non-hydrogen) atoms. The van der Waals surface area contributed by atoms with Gasteiger partial charge in [0.2, 0.25) is 0 Å². The molecule has 2 aromatic rings. The molecule has 0 radical (unpaired) electrons. The molecule has 0 fully saturated rings. The zero-order valence-corrected chi connectivity index (χ0v) is 12.5. The molecule has 2 N–H and O–H groups in total. The van der Waals surface area contributed by atoms with E-state index in [1.807, 2.05) is 25.2 Å². The van der Waals surface area contributed by atoms with E-state index in [1.165, 1.54) is 16.8 Å². The van der Waals surface area contributed by atoms with E-state index in [4.69, 9.17) is 5.73 Å². The molecule has 0 bridgehead atoms. The second kappa shape index (κ2) is 5.02. The fourth-order valence-electron chi connectivity index (χ4n) is 2.04. The molecule has 0 aliphatic heterocycles. The predicted molar refractivity (Wildman–Crippen MR) is 82.5 cm³/mol. The molecular weight excluding hydrogens is 288 g/mol. The average Bonchev–Trinajstić information content (AvgIpc) is 2.31. The lowest BCUT2D eigenvalue weighted by atomic mass is 10.1. The third kappa shape index (κ3) is 2.51. The molecule has 2 nitrogen and oxygen atoms in total. The van der Waals surface area contributed by atoms with Crippen molar-refractivity contribution < 1.29 is 0 Å². The third-order valence-electron chi connectivity index (χ3n) is 3.08. The number of aryl methyl sites for hydroxylation is 2. The fraction of sp³-hybridized carbons (Fsp3) is 0.200. The van der Waals surface area contributed by atoms with Crippen LogP contribution in [0.2, 0.25) is 0 Å². The topological polar surface area (TPSA) is 29.3 Å². The second-order valence-electron chi connectivity index (χ2n) is 4.55. The molecule has 94 valence electrons. The summed E-state index contributed by atoms with van der Waals surface area (Å²) in [6.07, 6.45) is 0. The number of hydrogen-bond donors (Lipinski definition) is 1. The van der Waals surface area contributed by atoms with E-state index in [2.05, 4.69) is 52.9 Å². The minimum Gasteiger partial charge on any atom is -0.397 e. The predicted octanol–water partition coefficient (Wildman–Crippen LogP) is 4.42. The van der Waals surface area contributed by atoms with Crippen LogP contribution in [0, 0.1) is 13.8 Å². The molecule has 2 aromatic carbocycles. The van der Waals surface area contributed by atoms with Gasteiger partial charge in [-0.1, -0.05) is 28.1 Å². The summed E-state index contributed by atoms with van der Waals surface area (Å²) in [5.41, 5.74) is 11.5. The lowest BCUT2D eigenvalue weighted by Gasteiger charge is -2.23. The Morgan fingerprint density at radius 1 is 1.00 bits per heavy atom. The average molecular weight is 305 g/mol. The van der Waals surface area contributed by atoms with Crippen LogP contribution >= 0.6 is 15.9 Å². The van der Waals surface area contributed by atoms with E-state index in [-0.39, 0.29) is 0 Å². The number of halogens is 1. The molecule has 0 saturated carbocycles. The van der Waals surface area contributed by atoms with Gasteiger partial charge in [-0.2, -0.15) is 0 Å². The Morgan fingerprint density at radius 2 is 1.72 bits per heavy atom. The summed E-state index contributed by atoms with van der Waals surface area (Å²) in [6.45, 7) is 4.21. The summed E-state index contributed by atoms with van der Waals surface area (Å²) in [7, 11) is 2.04. The Morgan fingerprint density at radius 3 is 2.39 bits per heavy atom.